The van der Waals surface area contributed by atoms with Gasteiger partial charge in [-0.2, -0.15) is 23.5 Å². The predicted molar refractivity (Wildman–Crippen MR) is 83.9 cm³/mol. The lowest BCUT2D eigenvalue weighted by atomic mass is 10.4. The number of hydrogen-bond donors (Lipinski definition) is 2. The summed E-state index contributed by atoms with van der Waals surface area (Å²) in [5.41, 5.74) is 11.3. The summed E-state index contributed by atoms with van der Waals surface area (Å²) in [7, 11) is 0. The van der Waals surface area contributed by atoms with Crippen LogP contribution in [0.1, 0.15) is 13.8 Å². The summed E-state index contributed by atoms with van der Waals surface area (Å²) in [6.07, 6.45) is 0. The SMILES string of the molecule is CCOC(=O)[C@@H](N)CSCCSC[C@H](N)C(=O)OCC. The Labute approximate surface area is 128 Å². The van der Waals surface area contributed by atoms with Gasteiger partial charge in [0.05, 0.1) is 13.2 Å². The van der Waals surface area contributed by atoms with Crippen LogP contribution < -0.4 is 11.5 Å². The Morgan fingerprint density at radius 2 is 1.25 bits per heavy atom. The summed E-state index contributed by atoms with van der Waals surface area (Å²) >= 11 is 3.16. The monoisotopic (exact) mass is 324 g/mol. The molecular formula is C12H24N2O4S2. The van der Waals surface area contributed by atoms with Crippen LogP contribution in [0.5, 0.6) is 0 Å². The molecule has 0 aromatic carbocycles. The lowest BCUT2D eigenvalue weighted by molar-refractivity contribution is -0.144. The molecule has 0 aliphatic rings. The van der Waals surface area contributed by atoms with Gasteiger partial charge in [0.2, 0.25) is 0 Å². The maximum absolute atomic E-state index is 11.3. The first-order valence-electron chi connectivity index (χ1n) is 6.52. The summed E-state index contributed by atoms with van der Waals surface area (Å²) < 4.78 is 9.62. The number of rotatable bonds is 11. The molecule has 0 spiro atoms. The van der Waals surface area contributed by atoms with Gasteiger partial charge in [-0.1, -0.05) is 0 Å². The second-order valence-corrected chi connectivity index (χ2v) is 6.17. The molecule has 0 saturated heterocycles. The van der Waals surface area contributed by atoms with Gasteiger partial charge in [-0.05, 0) is 13.8 Å². The molecule has 0 aromatic heterocycles. The molecule has 2 atom stereocenters. The molecule has 0 amide bonds. The van der Waals surface area contributed by atoms with Crippen LogP contribution in [0.25, 0.3) is 0 Å². The van der Waals surface area contributed by atoms with E-state index in [4.69, 9.17) is 20.9 Å². The van der Waals surface area contributed by atoms with Crippen LogP contribution in [-0.2, 0) is 19.1 Å². The number of hydrogen-bond acceptors (Lipinski definition) is 8. The van der Waals surface area contributed by atoms with Gasteiger partial charge in [-0.25, -0.2) is 0 Å². The van der Waals surface area contributed by atoms with E-state index < -0.39 is 12.1 Å². The normalized spacial score (nSPS) is 13.6. The third-order valence-corrected chi connectivity index (χ3v) is 4.58. The van der Waals surface area contributed by atoms with Gasteiger partial charge in [0, 0.05) is 23.0 Å². The maximum Gasteiger partial charge on any atom is 0.323 e. The van der Waals surface area contributed by atoms with Gasteiger partial charge >= 0.3 is 11.9 Å². The van der Waals surface area contributed by atoms with Crippen LogP contribution in [0.15, 0.2) is 0 Å². The van der Waals surface area contributed by atoms with Gasteiger partial charge in [0.15, 0.2) is 0 Å². The Morgan fingerprint density at radius 3 is 1.55 bits per heavy atom. The molecule has 8 heteroatoms. The molecule has 0 aliphatic heterocycles. The lowest BCUT2D eigenvalue weighted by Crippen LogP contribution is -2.35. The Morgan fingerprint density at radius 1 is 0.900 bits per heavy atom. The number of ether oxygens (including phenoxy) is 2. The van der Waals surface area contributed by atoms with Gasteiger partial charge in [-0.3, -0.25) is 9.59 Å². The Balaban J connectivity index is 3.53. The first kappa shape index (κ1) is 19.6. The fourth-order valence-electron chi connectivity index (χ4n) is 1.17. The average Bonchev–Trinajstić information content (AvgIpc) is 2.42. The Bertz CT molecular complexity index is 265. The van der Waals surface area contributed by atoms with E-state index in [0.717, 1.165) is 11.5 Å². The van der Waals surface area contributed by atoms with E-state index in [1.807, 2.05) is 0 Å². The van der Waals surface area contributed by atoms with E-state index in [1.54, 1.807) is 37.4 Å². The molecule has 0 rings (SSSR count). The van der Waals surface area contributed by atoms with Crippen LogP contribution >= 0.6 is 23.5 Å². The molecule has 0 aliphatic carbocycles. The molecule has 4 N–H and O–H groups in total. The first-order valence-corrected chi connectivity index (χ1v) is 8.83. The highest BCUT2D eigenvalue weighted by molar-refractivity contribution is 8.03. The number of thioether (sulfide) groups is 2. The van der Waals surface area contributed by atoms with Crippen molar-refractivity contribution in [2.45, 2.75) is 25.9 Å². The van der Waals surface area contributed by atoms with Crippen molar-refractivity contribution in [1.82, 2.24) is 0 Å². The van der Waals surface area contributed by atoms with E-state index >= 15 is 0 Å². The van der Waals surface area contributed by atoms with E-state index in [1.165, 1.54) is 0 Å². The molecule has 0 aromatic rings. The average molecular weight is 324 g/mol. The Hall–Kier alpha value is -0.440. The van der Waals surface area contributed by atoms with Crippen molar-refractivity contribution in [2.75, 3.05) is 36.2 Å². The van der Waals surface area contributed by atoms with Gasteiger partial charge in [-0.15, -0.1) is 0 Å². The highest BCUT2D eigenvalue weighted by atomic mass is 32.2. The highest BCUT2D eigenvalue weighted by Gasteiger charge is 2.15. The zero-order chi connectivity index (χ0) is 15.4. The molecule has 0 fully saturated rings. The number of carbonyl (C=O) groups is 2. The second-order valence-electron chi connectivity index (χ2n) is 3.87. The minimum absolute atomic E-state index is 0.346. The highest BCUT2D eigenvalue weighted by Crippen LogP contribution is 2.09. The Kier molecular flexibility index (Phi) is 12.0. The molecule has 6 nitrogen and oxygen atoms in total. The number of esters is 2. The zero-order valence-corrected chi connectivity index (χ0v) is 13.6. The smallest absolute Gasteiger partial charge is 0.323 e. The van der Waals surface area contributed by atoms with E-state index in [-0.39, 0.29) is 11.9 Å². The molecule has 0 radical (unpaired) electrons. The van der Waals surface area contributed by atoms with Crippen molar-refractivity contribution in [3.05, 3.63) is 0 Å². The standard InChI is InChI=1S/C12H24N2O4S2/c1-3-17-11(15)9(13)7-19-5-6-20-8-10(14)12(16)18-4-2/h9-10H,3-8,13-14H2,1-2H3/t9-,10-/m0/s1. The lowest BCUT2D eigenvalue weighted by Gasteiger charge is -2.11. The first-order chi connectivity index (χ1) is 9.52. The quantitative estimate of drug-likeness (QED) is 0.411. The summed E-state index contributed by atoms with van der Waals surface area (Å²) in [5.74, 6) is 2.02. The van der Waals surface area contributed by atoms with Crippen molar-refractivity contribution in [2.24, 2.45) is 11.5 Å². The minimum Gasteiger partial charge on any atom is -0.465 e. The predicted octanol–water partition coefficient (Wildman–Crippen LogP) is 0.234. The fourth-order valence-corrected chi connectivity index (χ4v) is 3.23. The second kappa shape index (κ2) is 12.3. The largest absolute Gasteiger partial charge is 0.465 e. The number of nitrogens with two attached hydrogens (primary N) is 2. The molecule has 0 saturated carbocycles. The third-order valence-electron chi connectivity index (χ3n) is 2.15. The van der Waals surface area contributed by atoms with Crippen LogP contribution in [0.2, 0.25) is 0 Å². The van der Waals surface area contributed by atoms with E-state index in [0.29, 0.717) is 24.7 Å². The van der Waals surface area contributed by atoms with Gasteiger partial charge < -0.3 is 20.9 Å². The van der Waals surface area contributed by atoms with Crippen molar-refractivity contribution in [1.29, 1.82) is 0 Å². The maximum atomic E-state index is 11.3. The molecule has 0 heterocycles. The molecule has 118 valence electrons. The van der Waals surface area contributed by atoms with Gasteiger partial charge in [0.1, 0.15) is 12.1 Å². The number of carbonyl (C=O) groups excluding carboxylic acids is 2. The van der Waals surface area contributed by atoms with Crippen molar-refractivity contribution < 1.29 is 19.1 Å². The van der Waals surface area contributed by atoms with Crippen molar-refractivity contribution >= 4 is 35.5 Å². The fraction of sp³-hybridized carbons (Fsp3) is 0.833. The summed E-state index contributed by atoms with van der Waals surface area (Å²) in [4.78, 5) is 22.5. The zero-order valence-electron chi connectivity index (χ0n) is 12.0. The van der Waals surface area contributed by atoms with Crippen molar-refractivity contribution in [3.63, 3.8) is 0 Å². The molecule has 0 unspecified atom stereocenters. The van der Waals surface area contributed by atoms with E-state index in [2.05, 4.69) is 0 Å². The van der Waals surface area contributed by atoms with E-state index in [9.17, 15) is 9.59 Å². The molecule has 0 bridgehead atoms. The van der Waals surface area contributed by atoms with Gasteiger partial charge in [0.25, 0.3) is 0 Å². The summed E-state index contributed by atoms with van der Waals surface area (Å²) in [5, 5.41) is 0. The van der Waals surface area contributed by atoms with Crippen LogP contribution in [-0.4, -0.2) is 60.2 Å². The molecular weight excluding hydrogens is 300 g/mol. The third kappa shape index (κ3) is 9.46. The van der Waals surface area contributed by atoms with Crippen LogP contribution in [0, 0.1) is 0 Å². The van der Waals surface area contributed by atoms with Crippen LogP contribution in [0.3, 0.4) is 0 Å². The summed E-state index contributed by atoms with van der Waals surface area (Å²) in [6.45, 7) is 4.19. The van der Waals surface area contributed by atoms with Crippen molar-refractivity contribution in [3.8, 4) is 0 Å². The summed E-state index contributed by atoms with van der Waals surface area (Å²) in [6, 6.07) is -1.15. The molecule has 20 heavy (non-hydrogen) atoms. The minimum atomic E-state index is -0.577. The topological polar surface area (TPSA) is 105 Å². The van der Waals surface area contributed by atoms with Crippen LogP contribution in [0.4, 0.5) is 0 Å².